The molecule has 3 heteroatoms. The summed E-state index contributed by atoms with van der Waals surface area (Å²) >= 11 is 0. The van der Waals surface area contributed by atoms with Crippen LogP contribution in [0.15, 0.2) is 18.2 Å². The Kier molecular flexibility index (Phi) is 1.83. The SMILES string of the molecule is Cc1cccc2c1N1C(=O)CNCC1C2. The van der Waals surface area contributed by atoms with Crippen molar-refractivity contribution in [3.63, 3.8) is 0 Å². The van der Waals surface area contributed by atoms with Gasteiger partial charge in [-0.25, -0.2) is 0 Å². The molecule has 15 heavy (non-hydrogen) atoms. The number of amides is 1. The number of anilines is 1. The number of fused-ring (bicyclic) bond motifs is 3. The van der Waals surface area contributed by atoms with E-state index in [1.54, 1.807) is 0 Å². The van der Waals surface area contributed by atoms with Gasteiger partial charge in [0.15, 0.2) is 0 Å². The van der Waals surface area contributed by atoms with Gasteiger partial charge in [0.2, 0.25) is 5.91 Å². The first-order valence-corrected chi connectivity index (χ1v) is 5.38. The van der Waals surface area contributed by atoms with E-state index in [-0.39, 0.29) is 5.91 Å². The Bertz CT molecular complexity index is 428. The fourth-order valence-corrected chi connectivity index (χ4v) is 2.68. The summed E-state index contributed by atoms with van der Waals surface area (Å²) in [5.41, 5.74) is 3.69. The molecule has 78 valence electrons. The number of piperazine rings is 1. The quantitative estimate of drug-likeness (QED) is 0.676. The predicted molar refractivity (Wildman–Crippen MR) is 59.0 cm³/mol. The van der Waals surface area contributed by atoms with Gasteiger partial charge in [-0.2, -0.15) is 0 Å². The summed E-state index contributed by atoms with van der Waals surface area (Å²) in [5.74, 6) is 0.208. The number of rotatable bonds is 0. The van der Waals surface area contributed by atoms with Crippen LogP contribution in [-0.2, 0) is 11.2 Å². The highest BCUT2D eigenvalue weighted by Crippen LogP contribution is 2.35. The number of nitrogens with zero attached hydrogens (tertiary/aromatic N) is 1. The van der Waals surface area contributed by atoms with Crippen molar-refractivity contribution in [3.05, 3.63) is 29.3 Å². The van der Waals surface area contributed by atoms with E-state index in [1.807, 2.05) is 4.90 Å². The van der Waals surface area contributed by atoms with Crippen LogP contribution < -0.4 is 10.2 Å². The topological polar surface area (TPSA) is 32.3 Å². The van der Waals surface area contributed by atoms with Crippen molar-refractivity contribution in [2.75, 3.05) is 18.0 Å². The van der Waals surface area contributed by atoms with Gasteiger partial charge in [-0.1, -0.05) is 18.2 Å². The third-order valence-corrected chi connectivity index (χ3v) is 3.31. The van der Waals surface area contributed by atoms with E-state index in [0.29, 0.717) is 12.6 Å². The number of aryl methyl sites for hydroxylation is 1. The third kappa shape index (κ3) is 1.20. The summed E-state index contributed by atoms with van der Waals surface area (Å²) in [4.78, 5) is 13.8. The fourth-order valence-electron chi connectivity index (χ4n) is 2.68. The van der Waals surface area contributed by atoms with Crippen molar-refractivity contribution in [2.45, 2.75) is 19.4 Å². The van der Waals surface area contributed by atoms with Crippen molar-refractivity contribution >= 4 is 11.6 Å². The van der Waals surface area contributed by atoms with Crippen LogP contribution >= 0.6 is 0 Å². The van der Waals surface area contributed by atoms with E-state index >= 15 is 0 Å². The van der Waals surface area contributed by atoms with Gasteiger partial charge in [-0.05, 0) is 24.5 Å². The highest BCUT2D eigenvalue weighted by molar-refractivity contribution is 5.99. The van der Waals surface area contributed by atoms with Gasteiger partial charge < -0.3 is 10.2 Å². The Morgan fingerprint density at radius 1 is 1.47 bits per heavy atom. The maximum Gasteiger partial charge on any atom is 0.241 e. The maximum atomic E-state index is 11.9. The number of benzene rings is 1. The molecule has 2 aliphatic heterocycles. The number of carbonyl (C=O) groups excluding carboxylic acids is 1. The standard InChI is InChI=1S/C12H14N2O/c1-8-3-2-4-9-5-10-6-13-7-11(15)14(10)12(8)9/h2-4,10,13H,5-7H2,1H3. The van der Waals surface area contributed by atoms with Gasteiger partial charge in [0.05, 0.1) is 18.3 Å². The smallest absolute Gasteiger partial charge is 0.241 e. The lowest BCUT2D eigenvalue weighted by Crippen LogP contribution is -2.53. The molecule has 1 saturated heterocycles. The van der Waals surface area contributed by atoms with Crippen LogP contribution in [0.2, 0.25) is 0 Å². The summed E-state index contributed by atoms with van der Waals surface area (Å²) in [7, 11) is 0. The summed E-state index contributed by atoms with van der Waals surface area (Å²) in [6, 6.07) is 6.62. The van der Waals surface area contributed by atoms with E-state index < -0.39 is 0 Å². The monoisotopic (exact) mass is 202 g/mol. The number of nitrogens with one attached hydrogen (secondary N) is 1. The minimum absolute atomic E-state index is 0.208. The minimum atomic E-state index is 0.208. The van der Waals surface area contributed by atoms with E-state index in [9.17, 15) is 4.79 Å². The van der Waals surface area contributed by atoms with Crippen molar-refractivity contribution in [1.82, 2.24) is 5.32 Å². The molecule has 0 aromatic heterocycles. The Morgan fingerprint density at radius 2 is 2.33 bits per heavy atom. The predicted octanol–water partition coefficient (Wildman–Crippen LogP) is 0.856. The molecule has 0 spiro atoms. The van der Waals surface area contributed by atoms with Gasteiger partial charge in [0.25, 0.3) is 0 Å². The molecule has 0 bridgehead atoms. The van der Waals surface area contributed by atoms with Crippen molar-refractivity contribution in [3.8, 4) is 0 Å². The molecule has 3 rings (SSSR count). The average molecular weight is 202 g/mol. The molecule has 1 aromatic carbocycles. The molecule has 1 N–H and O–H groups in total. The van der Waals surface area contributed by atoms with Gasteiger partial charge in [-0.15, -0.1) is 0 Å². The van der Waals surface area contributed by atoms with E-state index in [4.69, 9.17) is 0 Å². The van der Waals surface area contributed by atoms with Gasteiger partial charge in [-0.3, -0.25) is 4.79 Å². The zero-order valence-electron chi connectivity index (χ0n) is 8.79. The molecule has 2 heterocycles. The second kappa shape index (κ2) is 3.07. The maximum absolute atomic E-state index is 11.9. The first kappa shape index (κ1) is 8.92. The highest BCUT2D eigenvalue weighted by atomic mass is 16.2. The Balaban J connectivity index is 2.12. The third-order valence-electron chi connectivity index (χ3n) is 3.31. The summed E-state index contributed by atoms with van der Waals surface area (Å²) < 4.78 is 0. The van der Waals surface area contributed by atoms with Crippen molar-refractivity contribution in [2.24, 2.45) is 0 Å². The molecule has 2 aliphatic rings. The first-order chi connectivity index (χ1) is 7.27. The summed E-state index contributed by atoms with van der Waals surface area (Å²) in [5, 5.41) is 3.17. The van der Waals surface area contributed by atoms with Gasteiger partial charge >= 0.3 is 0 Å². The largest absolute Gasteiger partial charge is 0.306 e. The molecule has 1 unspecified atom stereocenters. The van der Waals surface area contributed by atoms with Crippen LogP contribution in [0.5, 0.6) is 0 Å². The molecule has 1 aromatic rings. The van der Waals surface area contributed by atoms with Gasteiger partial charge in [0, 0.05) is 6.54 Å². The lowest BCUT2D eigenvalue weighted by molar-refractivity contribution is -0.119. The zero-order chi connectivity index (χ0) is 10.4. The lowest BCUT2D eigenvalue weighted by Gasteiger charge is -2.31. The molecule has 1 fully saturated rings. The summed E-state index contributed by atoms with van der Waals surface area (Å²) in [6.45, 7) is 3.47. The minimum Gasteiger partial charge on any atom is -0.306 e. The fraction of sp³-hybridized carbons (Fsp3) is 0.417. The van der Waals surface area contributed by atoms with Crippen molar-refractivity contribution < 1.29 is 4.79 Å². The van der Waals surface area contributed by atoms with Crippen LogP contribution in [0.3, 0.4) is 0 Å². The number of hydrogen-bond acceptors (Lipinski definition) is 2. The summed E-state index contributed by atoms with van der Waals surface area (Å²) in [6.07, 6.45) is 0.996. The molecule has 3 nitrogen and oxygen atoms in total. The van der Waals surface area contributed by atoms with Crippen LogP contribution in [0.1, 0.15) is 11.1 Å². The molecular weight excluding hydrogens is 188 g/mol. The molecule has 1 atom stereocenters. The lowest BCUT2D eigenvalue weighted by atomic mass is 10.1. The normalized spacial score (nSPS) is 23.9. The van der Waals surface area contributed by atoms with Crippen LogP contribution in [0.25, 0.3) is 0 Å². The van der Waals surface area contributed by atoms with Crippen LogP contribution in [0, 0.1) is 6.92 Å². The molecule has 0 aliphatic carbocycles. The second-order valence-corrected chi connectivity index (χ2v) is 4.34. The molecule has 1 amide bonds. The molecule has 0 saturated carbocycles. The van der Waals surface area contributed by atoms with Crippen LogP contribution in [-0.4, -0.2) is 25.0 Å². The Hall–Kier alpha value is -1.35. The van der Waals surface area contributed by atoms with E-state index in [1.165, 1.54) is 11.1 Å². The second-order valence-electron chi connectivity index (χ2n) is 4.34. The Morgan fingerprint density at radius 3 is 3.20 bits per heavy atom. The van der Waals surface area contributed by atoms with Crippen molar-refractivity contribution in [1.29, 1.82) is 0 Å². The Labute approximate surface area is 89.1 Å². The average Bonchev–Trinajstić information content (AvgIpc) is 2.58. The van der Waals surface area contributed by atoms with Crippen LogP contribution in [0.4, 0.5) is 5.69 Å². The highest BCUT2D eigenvalue weighted by Gasteiger charge is 2.36. The van der Waals surface area contributed by atoms with E-state index in [2.05, 4.69) is 30.4 Å². The first-order valence-electron chi connectivity index (χ1n) is 5.38. The molecular formula is C12H14N2O. The molecule has 0 radical (unpaired) electrons. The number of carbonyl (C=O) groups is 1. The zero-order valence-corrected chi connectivity index (χ0v) is 8.79. The number of para-hydroxylation sites is 1. The van der Waals surface area contributed by atoms with Gasteiger partial charge in [0.1, 0.15) is 0 Å². The van der Waals surface area contributed by atoms with E-state index in [0.717, 1.165) is 18.7 Å². The number of hydrogen-bond donors (Lipinski definition) is 1.